The molecule has 1 heterocycles. The third kappa shape index (κ3) is 3.54. The van der Waals surface area contributed by atoms with Crippen LogP contribution in [0.4, 0.5) is 0 Å². The van der Waals surface area contributed by atoms with Crippen LogP contribution in [-0.4, -0.2) is 4.98 Å². The highest BCUT2D eigenvalue weighted by Crippen LogP contribution is 2.29. The number of hydrogen-bond donors (Lipinski definition) is 1. The smallest absolute Gasteiger partial charge is 0.0708 e. The van der Waals surface area contributed by atoms with E-state index in [1.54, 1.807) is 0 Å². The van der Waals surface area contributed by atoms with Gasteiger partial charge in [-0.1, -0.05) is 39.0 Å². The van der Waals surface area contributed by atoms with Gasteiger partial charge in [0.05, 0.1) is 5.52 Å². The summed E-state index contributed by atoms with van der Waals surface area (Å²) in [6.07, 6.45) is 2.14. The van der Waals surface area contributed by atoms with Crippen LogP contribution in [0.1, 0.15) is 50.9 Å². The average Bonchev–Trinajstić information content (AvgIpc) is 2.34. The van der Waals surface area contributed by atoms with E-state index in [1.807, 2.05) is 13.0 Å². The molecular formula is C17H24N2. The molecule has 1 aromatic carbocycles. The average molecular weight is 256 g/mol. The monoisotopic (exact) mass is 256 g/mol. The molecule has 0 saturated heterocycles. The van der Waals surface area contributed by atoms with E-state index in [2.05, 4.69) is 50.0 Å². The molecule has 2 aromatic rings. The first-order chi connectivity index (χ1) is 8.87. The van der Waals surface area contributed by atoms with Gasteiger partial charge in [0.2, 0.25) is 0 Å². The van der Waals surface area contributed by atoms with Crippen molar-refractivity contribution in [2.24, 2.45) is 11.1 Å². The van der Waals surface area contributed by atoms with Gasteiger partial charge in [-0.15, -0.1) is 0 Å². The van der Waals surface area contributed by atoms with Crippen molar-refractivity contribution < 1.29 is 0 Å². The zero-order valence-corrected chi connectivity index (χ0v) is 12.4. The second-order valence-electron chi connectivity index (χ2n) is 6.58. The van der Waals surface area contributed by atoms with Gasteiger partial charge in [0.25, 0.3) is 0 Å². The summed E-state index contributed by atoms with van der Waals surface area (Å²) in [5.74, 6) is 0. The molecule has 0 bridgehead atoms. The summed E-state index contributed by atoms with van der Waals surface area (Å²) < 4.78 is 0. The summed E-state index contributed by atoms with van der Waals surface area (Å²) in [4.78, 5) is 4.57. The highest BCUT2D eigenvalue weighted by atomic mass is 14.7. The van der Waals surface area contributed by atoms with Crippen LogP contribution in [0.5, 0.6) is 0 Å². The lowest BCUT2D eigenvalue weighted by molar-refractivity contribution is 0.350. The van der Waals surface area contributed by atoms with Gasteiger partial charge in [0.15, 0.2) is 0 Å². The van der Waals surface area contributed by atoms with E-state index < -0.39 is 0 Å². The van der Waals surface area contributed by atoms with Crippen molar-refractivity contribution in [3.05, 3.63) is 41.6 Å². The molecular weight excluding hydrogens is 232 g/mol. The second-order valence-corrected chi connectivity index (χ2v) is 6.58. The Labute approximate surface area is 116 Å². The van der Waals surface area contributed by atoms with E-state index >= 15 is 0 Å². The number of aryl methyl sites for hydroxylation is 1. The van der Waals surface area contributed by atoms with Crippen LogP contribution >= 0.6 is 0 Å². The van der Waals surface area contributed by atoms with Gasteiger partial charge in [-0.3, -0.25) is 4.98 Å². The number of aromatic nitrogens is 1. The molecule has 0 aliphatic carbocycles. The number of rotatable bonds is 3. The van der Waals surface area contributed by atoms with Crippen molar-refractivity contribution in [1.82, 2.24) is 4.98 Å². The summed E-state index contributed by atoms with van der Waals surface area (Å²) in [6, 6.07) is 10.5. The summed E-state index contributed by atoms with van der Waals surface area (Å²) in [6.45, 7) is 8.81. The fourth-order valence-electron chi connectivity index (χ4n) is 2.39. The summed E-state index contributed by atoms with van der Waals surface area (Å²) >= 11 is 0. The highest BCUT2D eigenvalue weighted by molar-refractivity contribution is 5.82. The second kappa shape index (κ2) is 5.30. The molecule has 0 amide bonds. The van der Waals surface area contributed by atoms with Crippen LogP contribution in [0.15, 0.2) is 30.3 Å². The van der Waals surface area contributed by atoms with Crippen molar-refractivity contribution in [2.75, 3.05) is 0 Å². The van der Waals surface area contributed by atoms with E-state index in [-0.39, 0.29) is 6.04 Å². The SMILES string of the molecule is Cc1cc(C(N)CCC(C)(C)C)c2ccccc2n1. The Morgan fingerprint density at radius 3 is 2.58 bits per heavy atom. The highest BCUT2D eigenvalue weighted by Gasteiger charge is 2.16. The molecule has 2 nitrogen and oxygen atoms in total. The van der Waals surface area contributed by atoms with Crippen LogP contribution in [0.3, 0.4) is 0 Å². The van der Waals surface area contributed by atoms with Gasteiger partial charge in [-0.2, -0.15) is 0 Å². The lowest BCUT2D eigenvalue weighted by Crippen LogP contribution is -2.15. The van der Waals surface area contributed by atoms with E-state index in [0.717, 1.165) is 24.1 Å². The molecule has 1 aromatic heterocycles. The standard InChI is InChI=1S/C17H24N2/c1-12-11-14(15(18)9-10-17(2,3)4)13-7-5-6-8-16(13)19-12/h5-8,11,15H,9-10,18H2,1-4H3. The number of pyridine rings is 1. The first kappa shape index (κ1) is 14.0. The normalized spacial score (nSPS) is 13.7. The predicted octanol–water partition coefficient (Wildman–Crippen LogP) is 4.37. The minimum absolute atomic E-state index is 0.0887. The molecule has 1 atom stereocenters. The summed E-state index contributed by atoms with van der Waals surface area (Å²) in [7, 11) is 0. The maximum atomic E-state index is 6.41. The molecule has 0 aliphatic heterocycles. The third-order valence-corrected chi connectivity index (χ3v) is 3.48. The van der Waals surface area contributed by atoms with Crippen molar-refractivity contribution >= 4 is 10.9 Å². The molecule has 0 radical (unpaired) electrons. The molecule has 0 saturated carbocycles. The number of benzene rings is 1. The summed E-state index contributed by atoms with van der Waals surface area (Å²) in [5.41, 5.74) is 10.1. The number of fused-ring (bicyclic) bond motifs is 1. The Morgan fingerprint density at radius 2 is 1.89 bits per heavy atom. The van der Waals surface area contributed by atoms with E-state index in [0.29, 0.717) is 5.41 Å². The van der Waals surface area contributed by atoms with E-state index in [4.69, 9.17) is 5.73 Å². The topological polar surface area (TPSA) is 38.9 Å². The van der Waals surface area contributed by atoms with Gasteiger partial charge in [0.1, 0.15) is 0 Å². The molecule has 2 N–H and O–H groups in total. The van der Waals surface area contributed by atoms with Gasteiger partial charge in [-0.05, 0) is 42.9 Å². The Bertz CT molecular complexity index is 567. The molecule has 1 unspecified atom stereocenters. The molecule has 2 heteroatoms. The van der Waals surface area contributed by atoms with Crippen molar-refractivity contribution in [2.45, 2.75) is 46.6 Å². The number of nitrogens with zero attached hydrogens (tertiary/aromatic N) is 1. The van der Waals surface area contributed by atoms with Crippen LogP contribution < -0.4 is 5.73 Å². The van der Waals surface area contributed by atoms with Gasteiger partial charge < -0.3 is 5.73 Å². The molecule has 102 valence electrons. The molecule has 0 spiro atoms. The summed E-state index contributed by atoms with van der Waals surface area (Å²) in [5, 5.41) is 1.19. The van der Waals surface area contributed by atoms with Crippen molar-refractivity contribution in [3.8, 4) is 0 Å². The van der Waals surface area contributed by atoms with Crippen molar-refractivity contribution in [1.29, 1.82) is 0 Å². The Kier molecular flexibility index (Phi) is 3.91. The molecule has 19 heavy (non-hydrogen) atoms. The van der Waals surface area contributed by atoms with Gasteiger partial charge in [0, 0.05) is 17.1 Å². The van der Waals surface area contributed by atoms with Crippen LogP contribution in [0.2, 0.25) is 0 Å². The number of para-hydroxylation sites is 1. The third-order valence-electron chi connectivity index (χ3n) is 3.48. The minimum atomic E-state index is 0.0887. The largest absolute Gasteiger partial charge is 0.324 e. The molecule has 0 fully saturated rings. The van der Waals surface area contributed by atoms with E-state index in [9.17, 15) is 0 Å². The number of nitrogens with two attached hydrogens (primary N) is 1. The van der Waals surface area contributed by atoms with E-state index in [1.165, 1.54) is 10.9 Å². The van der Waals surface area contributed by atoms with Crippen molar-refractivity contribution in [3.63, 3.8) is 0 Å². The zero-order valence-electron chi connectivity index (χ0n) is 12.4. The maximum Gasteiger partial charge on any atom is 0.0708 e. The first-order valence-corrected chi connectivity index (χ1v) is 6.99. The number of hydrogen-bond acceptors (Lipinski definition) is 2. The van der Waals surface area contributed by atoms with Gasteiger partial charge >= 0.3 is 0 Å². The predicted molar refractivity (Wildman–Crippen MR) is 82.1 cm³/mol. The first-order valence-electron chi connectivity index (χ1n) is 6.99. The lowest BCUT2D eigenvalue weighted by atomic mass is 9.87. The Hall–Kier alpha value is -1.41. The molecule has 2 rings (SSSR count). The van der Waals surface area contributed by atoms with Gasteiger partial charge in [-0.25, -0.2) is 0 Å². The van der Waals surface area contributed by atoms with Crippen LogP contribution in [0, 0.1) is 12.3 Å². The maximum absolute atomic E-state index is 6.41. The fraction of sp³-hybridized carbons (Fsp3) is 0.471. The lowest BCUT2D eigenvalue weighted by Gasteiger charge is -2.22. The minimum Gasteiger partial charge on any atom is -0.324 e. The Morgan fingerprint density at radius 1 is 1.21 bits per heavy atom. The van der Waals surface area contributed by atoms with Crippen LogP contribution in [-0.2, 0) is 0 Å². The fourth-order valence-corrected chi connectivity index (χ4v) is 2.39. The zero-order chi connectivity index (χ0) is 14.0. The quantitative estimate of drug-likeness (QED) is 0.885. The molecule has 0 aliphatic rings. The Balaban J connectivity index is 2.33. The van der Waals surface area contributed by atoms with Crippen LogP contribution in [0.25, 0.3) is 10.9 Å².